The molecule has 0 bridgehead atoms. The Morgan fingerprint density at radius 1 is 1.18 bits per heavy atom. The van der Waals surface area contributed by atoms with Gasteiger partial charge in [0.1, 0.15) is 19.3 Å². The molecule has 1 fully saturated rings. The Bertz CT molecular complexity index is 406. The molecule has 5 heteroatoms. The molecule has 1 saturated heterocycles. The van der Waals surface area contributed by atoms with Gasteiger partial charge >= 0.3 is 0 Å². The second-order valence-electron chi connectivity index (χ2n) is 4.01. The molecule has 2 aliphatic heterocycles. The third kappa shape index (κ3) is 2.09. The Morgan fingerprint density at radius 2 is 2.00 bits per heavy atom. The van der Waals surface area contributed by atoms with Gasteiger partial charge < -0.3 is 24.1 Å². The van der Waals surface area contributed by atoms with Crippen LogP contribution in [0.4, 0.5) is 0 Å². The van der Waals surface area contributed by atoms with E-state index in [9.17, 15) is 0 Å². The molecular formula is C12H14O5. The van der Waals surface area contributed by atoms with Crippen molar-refractivity contribution >= 4 is 0 Å². The van der Waals surface area contributed by atoms with Crippen molar-refractivity contribution in [2.45, 2.75) is 12.4 Å². The normalized spacial score (nSPS) is 27.1. The van der Waals surface area contributed by atoms with E-state index in [0.29, 0.717) is 25.6 Å². The molecule has 1 aromatic carbocycles. The Morgan fingerprint density at radius 3 is 2.76 bits per heavy atom. The summed E-state index contributed by atoms with van der Waals surface area (Å²) in [5.74, 6) is 1.46. The highest BCUT2D eigenvalue weighted by Gasteiger charge is 2.27. The van der Waals surface area contributed by atoms with E-state index < -0.39 is 6.29 Å². The molecule has 2 unspecified atom stereocenters. The first-order chi connectivity index (χ1) is 8.36. The number of hydrogen-bond acceptors (Lipinski definition) is 5. The fourth-order valence-electron chi connectivity index (χ4n) is 1.93. The van der Waals surface area contributed by atoms with Crippen molar-refractivity contribution in [2.75, 3.05) is 26.4 Å². The molecule has 17 heavy (non-hydrogen) atoms. The minimum atomic E-state index is -0.428. The van der Waals surface area contributed by atoms with E-state index >= 15 is 0 Å². The first-order valence-corrected chi connectivity index (χ1v) is 5.64. The smallest absolute Gasteiger partial charge is 0.184 e. The lowest BCUT2D eigenvalue weighted by atomic mass is 10.2. The lowest BCUT2D eigenvalue weighted by Gasteiger charge is -2.20. The molecule has 0 aliphatic carbocycles. The molecule has 2 aliphatic rings. The van der Waals surface area contributed by atoms with E-state index in [1.807, 2.05) is 18.2 Å². The van der Waals surface area contributed by atoms with Gasteiger partial charge in [-0.2, -0.15) is 0 Å². The van der Waals surface area contributed by atoms with Crippen molar-refractivity contribution in [1.29, 1.82) is 0 Å². The molecule has 0 amide bonds. The van der Waals surface area contributed by atoms with Crippen LogP contribution in [0.3, 0.4) is 0 Å². The van der Waals surface area contributed by atoms with Crippen LogP contribution in [0.5, 0.6) is 11.5 Å². The van der Waals surface area contributed by atoms with Gasteiger partial charge in [-0.25, -0.2) is 0 Å². The van der Waals surface area contributed by atoms with Gasteiger partial charge in [0.25, 0.3) is 0 Å². The summed E-state index contributed by atoms with van der Waals surface area (Å²) in [4.78, 5) is 0. The number of rotatable bonds is 2. The Hall–Kier alpha value is -1.30. The Kier molecular flexibility index (Phi) is 2.88. The molecule has 2 heterocycles. The minimum absolute atomic E-state index is 0.0267. The van der Waals surface area contributed by atoms with Crippen molar-refractivity contribution in [3.63, 3.8) is 0 Å². The lowest BCUT2D eigenvalue weighted by Crippen LogP contribution is -2.16. The highest BCUT2D eigenvalue weighted by Crippen LogP contribution is 2.35. The monoisotopic (exact) mass is 238 g/mol. The summed E-state index contributed by atoms with van der Waals surface area (Å²) in [5.41, 5.74) is 0.880. The zero-order chi connectivity index (χ0) is 11.7. The average molecular weight is 238 g/mol. The highest BCUT2D eigenvalue weighted by molar-refractivity contribution is 5.44. The summed E-state index contributed by atoms with van der Waals surface area (Å²) in [5, 5.41) is 8.97. The molecule has 2 atom stereocenters. The van der Waals surface area contributed by atoms with Gasteiger partial charge in [0.05, 0.1) is 13.2 Å². The second kappa shape index (κ2) is 4.52. The lowest BCUT2D eigenvalue weighted by molar-refractivity contribution is -0.0677. The van der Waals surface area contributed by atoms with Gasteiger partial charge in [-0.1, -0.05) is 6.07 Å². The maximum absolute atomic E-state index is 8.97. The van der Waals surface area contributed by atoms with Crippen molar-refractivity contribution in [3.05, 3.63) is 23.8 Å². The molecule has 0 aromatic heterocycles. The maximum Gasteiger partial charge on any atom is 0.184 e. The number of ether oxygens (including phenoxy) is 4. The van der Waals surface area contributed by atoms with E-state index in [0.717, 1.165) is 11.3 Å². The molecule has 1 aromatic rings. The molecule has 92 valence electrons. The van der Waals surface area contributed by atoms with Crippen LogP contribution in [0.1, 0.15) is 11.9 Å². The van der Waals surface area contributed by atoms with Crippen LogP contribution in [0, 0.1) is 0 Å². The average Bonchev–Trinajstić information content (AvgIpc) is 2.87. The third-order valence-corrected chi connectivity index (χ3v) is 2.79. The van der Waals surface area contributed by atoms with Crippen LogP contribution in [0.25, 0.3) is 0 Å². The van der Waals surface area contributed by atoms with E-state index in [1.54, 1.807) is 0 Å². The predicted octanol–water partition coefficient (Wildman–Crippen LogP) is 0.864. The van der Waals surface area contributed by atoms with E-state index in [-0.39, 0.29) is 12.7 Å². The van der Waals surface area contributed by atoms with Gasteiger partial charge in [0, 0.05) is 5.56 Å². The first-order valence-electron chi connectivity index (χ1n) is 5.64. The fourth-order valence-corrected chi connectivity index (χ4v) is 1.93. The minimum Gasteiger partial charge on any atom is -0.486 e. The van der Waals surface area contributed by atoms with E-state index in [2.05, 4.69) is 0 Å². The second-order valence-corrected chi connectivity index (χ2v) is 4.01. The van der Waals surface area contributed by atoms with Crippen molar-refractivity contribution in [2.24, 2.45) is 0 Å². The van der Waals surface area contributed by atoms with E-state index in [1.165, 1.54) is 0 Å². The largest absolute Gasteiger partial charge is 0.486 e. The molecule has 0 radical (unpaired) electrons. The van der Waals surface area contributed by atoms with Crippen LogP contribution in [-0.4, -0.2) is 37.6 Å². The summed E-state index contributed by atoms with van der Waals surface area (Å²) < 4.78 is 21.9. The molecule has 0 spiro atoms. The number of aliphatic hydroxyl groups excluding tert-OH is 1. The van der Waals surface area contributed by atoms with Crippen LogP contribution < -0.4 is 9.47 Å². The Labute approximate surface area is 98.9 Å². The molecule has 1 N–H and O–H groups in total. The number of hydrogen-bond donors (Lipinski definition) is 1. The predicted molar refractivity (Wildman–Crippen MR) is 58.1 cm³/mol. The Balaban J connectivity index is 1.79. The summed E-state index contributed by atoms with van der Waals surface area (Å²) >= 11 is 0. The van der Waals surface area contributed by atoms with Gasteiger partial charge in [-0.15, -0.1) is 0 Å². The first kappa shape index (κ1) is 10.8. The summed E-state index contributed by atoms with van der Waals surface area (Å²) in [6, 6.07) is 5.60. The van der Waals surface area contributed by atoms with Crippen LogP contribution in [0.2, 0.25) is 0 Å². The van der Waals surface area contributed by atoms with Crippen molar-refractivity contribution < 1.29 is 24.1 Å². The number of benzene rings is 1. The van der Waals surface area contributed by atoms with E-state index in [4.69, 9.17) is 24.1 Å². The topological polar surface area (TPSA) is 57.2 Å². The maximum atomic E-state index is 8.97. The quantitative estimate of drug-likeness (QED) is 0.828. The fraction of sp³-hybridized carbons (Fsp3) is 0.500. The number of fused-ring (bicyclic) bond motifs is 1. The molecule has 5 nitrogen and oxygen atoms in total. The van der Waals surface area contributed by atoms with Gasteiger partial charge in [0.15, 0.2) is 17.8 Å². The highest BCUT2D eigenvalue weighted by atomic mass is 16.7. The number of aliphatic hydroxyl groups is 1. The van der Waals surface area contributed by atoms with Gasteiger partial charge in [-0.3, -0.25) is 0 Å². The zero-order valence-electron chi connectivity index (χ0n) is 9.30. The van der Waals surface area contributed by atoms with Crippen molar-refractivity contribution in [1.82, 2.24) is 0 Å². The van der Waals surface area contributed by atoms with Crippen LogP contribution in [0.15, 0.2) is 18.2 Å². The SMILES string of the molecule is OCC1COC(c2ccc3c(c2)OCCO3)O1. The van der Waals surface area contributed by atoms with Gasteiger partial charge in [0.2, 0.25) is 0 Å². The summed E-state index contributed by atoms with van der Waals surface area (Å²) in [6.45, 7) is 1.52. The molecular weight excluding hydrogens is 224 g/mol. The standard InChI is InChI=1S/C12H14O5/c13-6-9-7-16-12(17-9)8-1-2-10-11(5-8)15-4-3-14-10/h1-2,5,9,12-13H,3-4,6-7H2. The summed E-state index contributed by atoms with van der Waals surface area (Å²) in [6.07, 6.45) is -0.670. The van der Waals surface area contributed by atoms with Crippen molar-refractivity contribution in [3.8, 4) is 11.5 Å². The zero-order valence-corrected chi connectivity index (χ0v) is 9.30. The van der Waals surface area contributed by atoms with Crippen LogP contribution in [-0.2, 0) is 9.47 Å². The molecule has 0 saturated carbocycles. The van der Waals surface area contributed by atoms with Crippen LogP contribution >= 0.6 is 0 Å². The van der Waals surface area contributed by atoms with Gasteiger partial charge in [-0.05, 0) is 12.1 Å². The summed E-state index contributed by atoms with van der Waals surface area (Å²) in [7, 11) is 0. The molecule has 3 rings (SSSR count). The third-order valence-electron chi connectivity index (χ3n) is 2.79.